The van der Waals surface area contributed by atoms with E-state index in [1.807, 2.05) is 18.2 Å². The van der Waals surface area contributed by atoms with E-state index < -0.39 is 17.7 Å². The van der Waals surface area contributed by atoms with Crippen LogP contribution in [0, 0.1) is 6.92 Å². The number of para-hydroxylation sites is 2. The van der Waals surface area contributed by atoms with Crippen LogP contribution in [0.2, 0.25) is 0 Å². The average Bonchev–Trinajstić information content (AvgIpc) is 3.46. The quantitative estimate of drug-likeness (QED) is 0.228. The predicted octanol–water partition coefficient (Wildman–Crippen LogP) is 4.52. The number of aryl methyl sites for hydroxylation is 1. The molecule has 1 aromatic heterocycles. The summed E-state index contributed by atoms with van der Waals surface area (Å²) in [7, 11) is 4.56. The number of carbonyl (C=O) groups is 2. The van der Waals surface area contributed by atoms with E-state index >= 15 is 0 Å². The Bertz CT molecular complexity index is 1540. The van der Waals surface area contributed by atoms with Gasteiger partial charge in [-0.3, -0.25) is 14.5 Å². The molecule has 188 valence electrons. The van der Waals surface area contributed by atoms with Gasteiger partial charge in [-0.15, -0.1) is 0 Å². The summed E-state index contributed by atoms with van der Waals surface area (Å²) >= 11 is 0. The average molecular weight is 500 g/mol. The molecule has 9 nitrogen and oxygen atoms in total. The highest BCUT2D eigenvalue weighted by molar-refractivity contribution is 6.51. The fourth-order valence-corrected chi connectivity index (χ4v) is 4.62. The molecule has 1 saturated heterocycles. The zero-order valence-corrected chi connectivity index (χ0v) is 20.7. The number of fused-ring (bicyclic) bond motifs is 1. The minimum Gasteiger partial charge on any atom is -0.507 e. The van der Waals surface area contributed by atoms with Gasteiger partial charge in [-0.1, -0.05) is 18.2 Å². The van der Waals surface area contributed by atoms with Gasteiger partial charge in [0.05, 0.1) is 44.0 Å². The first-order chi connectivity index (χ1) is 17.9. The Balaban J connectivity index is 1.75. The lowest BCUT2D eigenvalue weighted by Crippen LogP contribution is -2.30. The Morgan fingerprint density at radius 3 is 2.38 bits per heavy atom. The molecule has 2 heterocycles. The number of aliphatic hydroxyl groups excluding tert-OH is 1. The second-order valence-corrected chi connectivity index (χ2v) is 8.54. The molecule has 0 bridgehead atoms. The summed E-state index contributed by atoms with van der Waals surface area (Å²) in [5.74, 6) is -0.244. The van der Waals surface area contributed by atoms with Gasteiger partial charge in [-0.2, -0.15) is 0 Å². The summed E-state index contributed by atoms with van der Waals surface area (Å²) in [5, 5.41) is 11.5. The largest absolute Gasteiger partial charge is 0.507 e. The summed E-state index contributed by atoms with van der Waals surface area (Å²) in [4.78, 5) is 35.9. The van der Waals surface area contributed by atoms with E-state index in [1.54, 1.807) is 56.5 Å². The number of aromatic amines is 1. The summed E-state index contributed by atoms with van der Waals surface area (Å²) in [6.45, 7) is 1.79. The van der Waals surface area contributed by atoms with Crippen molar-refractivity contribution in [3.63, 3.8) is 0 Å². The summed E-state index contributed by atoms with van der Waals surface area (Å²) in [6, 6.07) is 16.5. The highest BCUT2D eigenvalue weighted by Crippen LogP contribution is 2.44. The second-order valence-electron chi connectivity index (χ2n) is 8.54. The molecule has 0 aliphatic carbocycles. The van der Waals surface area contributed by atoms with Crippen LogP contribution in [0.3, 0.4) is 0 Å². The monoisotopic (exact) mass is 499 g/mol. The van der Waals surface area contributed by atoms with Crippen LogP contribution in [0.1, 0.15) is 22.7 Å². The first-order valence-electron chi connectivity index (χ1n) is 11.5. The van der Waals surface area contributed by atoms with Crippen molar-refractivity contribution >= 4 is 34.4 Å². The minimum absolute atomic E-state index is 0.0639. The molecule has 3 aromatic carbocycles. The highest BCUT2D eigenvalue weighted by atomic mass is 16.5. The third kappa shape index (κ3) is 3.94. The van der Waals surface area contributed by atoms with Crippen molar-refractivity contribution in [1.29, 1.82) is 0 Å². The molecule has 1 fully saturated rings. The van der Waals surface area contributed by atoms with Crippen LogP contribution < -0.4 is 19.1 Å². The van der Waals surface area contributed by atoms with Gasteiger partial charge >= 0.3 is 5.91 Å². The van der Waals surface area contributed by atoms with Crippen molar-refractivity contribution in [2.45, 2.75) is 13.0 Å². The number of ether oxygens (including phenoxy) is 3. The van der Waals surface area contributed by atoms with Crippen molar-refractivity contribution in [2.75, 3.05) is 26.2 Å². The number of benzene rings is 3. The molecule has 0 saturated carbocycles. The van der Waals surface area contributed by atoms with Crippen molar-refractivity contribution in [3.8, 4) is 17.2 Å². The number of methoxy groups -OCH3 is 3. The molecular weight excluding hydrogens is 474 g/mol. The Morgan fingerprint density at radius 1 is 0.946 bits per heavy atom. The lowest BCUT2D eigenvalue weighted by Gasteiger charge is -2.24. The number of Topliss-reactive ketones (excluding diaryl/α,β-unsaturated/α-hetero) is 1. The SMILES string of the molecule is COc1ccc(/C(O)=C2\C(=O)C(=O)N(c3nc4ccccc4[nH]3)C2c2ccc(OC)c(OC)c2)c(C)c1. The van der Waals surface area contributed by atoms with Gasteiger partial charge in [-0.05, 0) is 60.5 Å². The van der Waals surface area contributed by atoms with E-state index in [1.165, 1.54) is 19.1 Å². The van der Waals surface area contributed by atoms with E-state index in [9.17, 15) is 14.7 Å². The molecule has 5 rings (SSSR count). The van der Waals surface area contributed by atoms with Crippen LogP contribution in [0.5, 0.6) is 17.2 Å². The van der Waals surface area contributed by atoms with Crippen molar-refractivity contribution in [1.82, 2.24) is 9.97 Å². The van der Waals surface area contributed by atoms with E-state index in [0.717, 1.165) is 0 Å². The number of hydrogen-bond donors (Lipinski definition) is 2. The van der Waals surface area contributed by atoms with E-state index in [-0.39, 0.29) is 17.3 Å². The Hall–Kier alpha value is -4.79. The number of imidazole rings is 1. The first kappa shape index (κ1) is 23.9. The lowest BCUT2D eigenvalue weighted by atomic mass is 9.93. The van der Waals surface area contributed by atoms with Gasteiger partial charge in [0, 0.05) is 5.56 Å². The van der Waals surface area contributed by atoms with Gasteiger partial charge in [-0.25, -0.2) is 4.98 Å². The fraction of sp³-hybridized carbons (Fsp3) is 0.179. The predicted molar refractivity (Wildman–Crippen MR) is 138 cm³/mol. The molecule has 0 spiro atoms. The number of nitrogens with zero attached hydrogens (tertiary/aromatic N) is 2. The summed E-state index contributed by atoms with van der Waals surface area (Å²) in [5.41, 5.74) is 2.90. The molecular formula is C28H25N3O6. The lowest BCUT2D eigenvalue weighted by molar-refractivity contribution is -0.132. The van der Waals surface area contributed by atoms with Crippen LogP contribution in [0.15, 0.2) is 66.2 Å². The fourth-order valence-electron chi connectivity index (χ4n) is 4.62. The number of aromatic nitrogens is 2. The van der Waals surface area contributed by atoms with Crippen LogP contribution >= 0.6 is 0 Å². The van der Waals surface area contributed by atoms with Crippen LogP contribution in [0.25, 0.3) is 16.8 Å². The molecule has 1 unspecified atom stereocenters. The Morgan fingerprint density at radius 2 is 1.70 bits per heavy atom. The summed E-state index contributed by atoms with van der Waals surface area (Å²) in [6.07, 6.45) is 0. The number of aliphatic hydroxyl groups is 1. The number of nitrogens with one attached hydrogen (secondary N) is 1. The van der Waals surface area contributed by atoms with E-state index in [2.05, 4.69) is 9.97 Å². The maximum absolute atomic E-state index is 13.5. The van der Waals surface area contributed by atoms with Crippen LogP contribution in [0.4, 0.5) is 5.95 Å². The number of anilines is 1. The zero-order chi connectivity index (χ0) is 26.3. The number of rotatable bonds is 6. The molecule has 37 heavy (non-hydrogen) atoms. The first-order valence-corrected chi connectivity index (χ1v) is 11.5. The molecule has 1 aliphatic heterocycles. The van der Waals surface area contributed by atoms with Gasteiger partial charge in [0.2, 0.25) is 5.95 Å². The van der Waals surface area contributed by atoms with E-state index in [4.69, 9.17) is 14.2 Å². The Kier molecular flexibility index (Phi) is 6.04. The highest BCUT2D eigenvalue weighted by Gasteiger charge is 2.48. The normalized spacial score (nSPS) is 16.9. The van der Waals surface area contributed by atoms with Gasteiger partial charge < -0.3 is 24.3 Å². The third-order valence-corrected chi connectivity index (χ3v) is 6.46. The molecule has 1 aliphatic rings. The maximum atomic E-state index is 13.5. The number of ketones is 1. The maximum Gasteiger partial charge on any atom is 0.302 e. The third-order valence-electron chi connectivity index (χ3n) is 6.46. The number of carbonyl (C=O) groups excluding carboxylic acids is 2. The number of hydrogen-bond acceptors (Lipinski definition) is 7. The van der Waals surface area contributed by atoms with Crippen LogP contribution in [-0.4, -0.2) is 48.1 Å². The minimum atomic E-state index is -0.984. The van der Waals surface area contributed by atoms with Crippen molar-refractivity contribution < 1.29 is 28.9 Å². The van der Waals surface area contributed by atoms with E-state index in [0.29, 0.717) is 45.0 Å². The summed E-state index contributed by atoms with van der Waals surface area (Å²) < 4.78 is 16.1. The second kappa shape index (κ2) is 9.34. The molecule has 4 aromatic rings. The topological polar surface area (TPSA) is 114 Å². The standard InChI is InChI=1S/C28H25N3O6/c1-15-13-17(35-2)10-11-18(15)25(32)23-24(16-9-12-21(36-3)22(14-16)37-4)31(27(34)26(23)33)28-29-19-7-5-6-8-20(19)30-28/h5-14,24,32H,1-4H3,(H,29,30)/b25-23+. The Labute approximate surface area is 212 Å². The smallest absolute Gasteiger partial charge is 0.302 e. The number of H-pyrrole nitrogens is 1. The van der Waals surface area contributed by atoms with Crippen molar-refractivity contribution in [3.05, 3.63) is 82.9 Å². The molecule has 1 atom stereocenters. The zero-order valence-electron chi connectivity index (χ0n) is 20.7. The molecule has 1 amide bonds. The van der Waals surface area contributed by atoms with Gasteiger partial charge in [0.15, 0.2) is 11.5 Å². The number of amides is 1. The van der Waals surface area contributed by atoms with Crippen molar-refractivity contribution in [2.24, 2.45) is 0 Å². The molecule has 9 heteroatoms. The molecule has 0 radical (unpaired) electrons. The van der Waals surface area contributed by atoms with Gasteiger partial charge in [0.1, 0.15) is 11.5 Å². The van der Waals surface area contributed by atoms with Gasteiger partial charge in [0.25, 0.3) is 5.78 Å². The molecule has 2 N–H and O–H groups in total. The van der Waals surface area contributed by atoms with Crippen LogP contribution in [-0.2, 0) is 9.59 Å².